The largest absolute Gasteiger partial charge is 0.405 e. The summed E-state index contributed by atoms with van der Waals surface area (Å²) in [4.78, 5) is 16.6. The first-order chi connectivity index (χ1) is 14.1. The maximum Gasteiger partial charge on any atom is 0.248 e. The van der Waals surface area contributed by atoms with Crippen LogP contribution in [0.5, 0.6) is 0 Å². The molecule has 2 heterocycles. The van der Waals surface area contributed by atoms with Crippen LogP contribution in [0.4, 0.5) is 5.69 Å². The van der Waals surface area contributed by atoms with Gasteiger partial charge in [0.1, 0.15) is 0 Å². The second kappa shape index (κ2) is 8.14. The van der Waals surface area contributed by atoms with E-state index in [0.717, 1.165) is 33.5 Å². The highest BCUT2D eigenvalue weighted by atomic mass is 16.1. The molecular weight excluding hydrogens is 362 g/mol. The van der Waals surface area contributed by atoms with Gasteiger partial charge < -0.3 is 11.1 Å². The van der Waals surface area contributed by atoms with Crippen LogP contribution >= 0.6 is 0 Å². The third-order valence-corrected chi connectivity index (χ3v) is 4.92. The summed E-state index contributed by atoms with van der Waals surface area (Å²) < 4.78 is 2.01. The van der Waals surface area contributed by atoms with E-state index in [-0.39, 0.29) is 5.91 Å². The van der Waals surface area contributed by atoms with Crippen molar-refractivity contribution in [2.75, 3.05) is 5.32 Å². The summed E-state index contributed by atoms with van der Waals surface area (Å²) >= 11 is 0. The second-order valence-corrected chi connectivity index (χ2v) is 7.16. The zero-order valence-electron chi connectivity index (χ0n) is 16.2. The highest BCUT2D eigenvalue weighted by Gasteiger charge is 2.24. The van der Waals surface area contributed by atoms with Crippen LogP contribution in [0.25, 0.3) is 23.3 Å². The molecule has 0 saturated heterocycles. The Kier molecular flexibility index (Phi) is 5.24. The lowest BCUT2D eigenvalue weighted by Crippen LogP contribution is -2.08. The van der Waals surface area contributed by atoms with E-state index in [0.29, 0.717) is 6.04 Å². The van der Waals surface area contributed by atoms with Gasteiger partial charge in [0, 0.05) is 41.5 Å². The third-order valence-electron chi connectivity index (χ3n) is 4.92. The Morgan fingerprint density at radius 1 is 1.21 bits per heavy atom. The van der Waals surface area contributed by atoms with Crippen molar-refractivity contribution in [3.8, 4) is 11.1 Å². The first-order valence-corrected chi connectivity index (χ1v) is 9.60. The number of anilines is 1. The van der Waals surface area contributed by atoms with E-state index in [1.165, 1.54) is 25.1 Å². The highest BCUT2D eigenvalue weighted by Crippen LogP contribution is 2.35. The summed E-state index contributed by atoms with van der Waals surface area (Å²) in [5.74, 6) is -0.208. The molecule has 29 heavy (non-hydrogen) atoms. The fourth-order valence-electron chi connectivity index (χ4n) is 3.17. The van der Waals surface area contributed by atoms with Crippen LogP contribution in [0.3, 0.4) is 0 Å². The number of nitrogens with zero attached hydrogens (tertiary/aromatic N) is 3. The molecule has 2 aromatic heterocycles. The molecule has 6 heteroatoms. The van der Waals surface area contributed by atoms with Gasteiger partial charge in [-0.15, -0.1) is 0 Å². The lowest BCUT2D eigenvalue weighted by molar-refractivity contribution is -0.111. The summed E-state index contributed by atoms with van der Waals surface area (Å²) in [6.07, 6.45) is 16.4. The lowest BCUT2D eigenvalue weighted by Gasteiger charge is -2.06. The molecule has 1 fully saturated rings. The number of rotatable bonds is 6. The monoisotopic (exact) mass is 385 g/mol. The van der Waals surface area contributed by atoms with Gasteiger partial charge in [0.2, 0.25) is 5.91 Å². The number of pyridine rings is 1. The number of hydrogen-bond acceptors (Lipinski definition) is 4. The van der Waals surface area contributed by atoms with Crippen molar-refractivity contribution in [2.45, 2.75) is 25.8 Å². The van der Waals surface area contributed by atoms with Gasteiger partial charge in [0.05, 0.1) is 12.2 Å². The summed E-state index contributed by atoms with van der Waals surface area (Å²) in [5.41, 5.74) is 11.2. The first-order valence-electron chi connectivity index (χ1n) is 9.60. The van der Waals surface area contributed by atoms with E-state index in [9.17, 15) is 4.79 Å². The quantitative estimate of drug-likeness (QED) is 0.624. The van der Waals surface area contributed by atoms with Crippen molar-refractivity contribution in [3.05, 3.63) is 78.0 Å². The summed E-state index contributed by atoms with van der Waals surface area (Å²) in [5, 5.41) is 7.34. The van der Waals surface area contributed by atoms with E-state index >= 15 is 0 Å². The number of nitrogens with two attached hydrogens (primary N) is 1. The summed E-state index contributed by atoms with van der Waals surface area (Å²) in [6.45, 7) is 2.00. The standard InChI is InChI=1S/C23H23N5O/c1-16-2-4-20(12-17(16)8-10-24)27-23(29)7-3-18-13-25-11-9-22(18)19-14-26-28(15-19)21-5-6-21/h2-4,7-15,21H,5-6,24H2,1H3,(H,27,29)/b7-3+,10-8-. The topological polar surface area (TPSA) is 85.8 Å². The molecule has 3 aromatic rings. The fraction of sp³-hybridized carbons (Fsp3) is 0.174. The van der Waals surface area contributed by atoms with Crippen LogP contribution in [0.15, 0.2) is 61.3 Å². The molecular formula is C23H23N5O. The molecule has 0 bridgehead atoms. The van der Waals surface area contributed by atoms with Gasteiger partial charge in [-0.3, -0.25) is 14.5 Å². The van der Waals surface area contributed by atoms with Crippen LogP contribution in [0.2, 0.25) is 0 Å². The number of nitrogens with one attached hydrogen (secondary N) is 1. The number of carbonyl (C=O) groups excluding carboxylic acids is 1. The van der Waals surface area contributed by atoms with Gasteiger partial charge >= 0.3 is 0 Å². The van der Waals surface area contributed by atoms with Gasteiger partial charge in [0.25, 0.3) is 0 Å². The smallest absolute Gasteiger partial charge is 0.248 e. The SMILES string of the molecule is Cc1ccc(NC(=O)/C=C/c2cnccc2-c2cnn(C3CC3)c2)cc1/C=C\N. The molecule has 0 radical (unpaired) electrons. The molecule has 1 aromatic carbocycles. The van der Waals surface area contributed by atoms with Gasteiger partial charge in [-0.25, -0.2) is 0 Å². The third kappa shape index (κ3) is 4.43. The Bertz CT molecular complexity index is 1090. The molecule has 1 saturated carbocycles. The Morgan fingerprint density at radius 3 is 2.86 bits per heavy atom. The maximum atomic E-state index is 12.4. The van der Waals surface area contributed by atoms with Crippen molar-refractivity contribution in [1.82, 2.24) is 14.8 Å². The van der Waals surface area contributed by atoms with Crippen LogP contribution < -0.4 is 11.1 Å². The molecule has 6 nitrogen and oxygen atoms in total. The van der Waals surface area contributed by atoms with E-state index in [4.69, 9.17) is 5.73 Å². The number of aryl methyl sites for hydroxylation is 1. The van der Waals surface area contributed by atoms with Crippen molar-refractivity contribution in [2.24, 2.45) is 5.73 Å². The van der Waals surface area contributed by atoms with Crippen molar-refractivity contribution < 1.29 is 4.79 Å². The number of hydrogen-bond donors (Lipinski definition) is 2. The Hall–Kier alpha value is -3.67. The molecule has 4 rings (SSSR count). The van der Waals surface area contributed by atoms with Gasteiger partial charge in [-0.2, -0.15) is 5.10 Å². The molecule has 0 aliphatic heterocycles. The second-order valence-electron chi connectivity index (χ2n) is 7.16. The van der Waals surface area contributed by atoms with E-state index in [1.807, 2.05) is 48.1 Å². The Labute approximate surface area is 169 Å². The minimum Gasteiger partial charge on any atom is -0.405 e. The molecule has 0 atom stereocenters. The molecule has 3 N–H and O–H groups in total. The fourth-order valence-corrected chi connectivity index (χ4v) is 3.17. The molecule has 0 spiro atoms. The van der Waals surface area contributed by atoms with Crippen molar-refractivity contribution in [1.29, 1.82) is 0 Å². The van der Waals surface area contributed by atoms with Crippen LogP contribution in [-0.4, -0.2) is 20.7 Å². The van der Waals surface area contributed by atoms with Gasteiger partial charge in [-0.05, 0) is 73.0 Å². The number of aromatic nitrogens is 3. The summed E-state index contributed by atoms with van der Waals surface area (Å²) in [7, 11) is 0. The number of carbonyl (C=O) groups is 1. The molecule has 0 unspecified atom stereocenters. The predicted octanol–water partition coefficient (Wildman–Crippen LogP) is 4.17. The van der Waals surface area contributed by atoms with Gasteiger partial charge in [0.15, 0.2) is 0 Å². The maximum absolute atomic E-state index is 12.4. The normalized spacial score (nSPS) is 14.0. The number of benzene rings is 1. The van der Waals surface area contributed by atoms with Crippen molar-refractivity contribution in [3.63, 3.8) is 0 Å². The summed E-state index contributed by atoms with van der Waals surface area (Å²) in [6, 6.07) is 8.19. The molecule has 1 aliphatic rings. The Balaban J connectivity index is 1.50. The first kappa shape index (κ1) is 18.7. The number of amides is 1. The van der Waals surface area contributed by atoms with Crippen LogP contribution in [0, 0.1) is 6.92 Å². The minimum absolute atomic E-state index is 0.208. The highest BCUT2D eigenvalue weighted by molar-refractivity contribution is 6.02. The van der Waals surface area contributed by atoms with E-state index in [1.54, 1.807) is 18.5 Å². The van der Waals surface area contributed by atoms with Crippen LogP contribution in [0.1, 0.15) is 35.6 Å². The zero-order valence-corrected chi connectivity index (χ0v) is 16.2. The van der Waals surface area contributed by atoms with E-state index in [2.05, 4.69) is 21.6 Å². The van der Waals surface area contributed by atoms with Crippen LogP contribution in [-0.2, 0) is 4.79 Å². The lowest BCUT2D eigenvalue weighted by atomic mass is 10.0. The van der Waals surface area contributed by atoms with Crippen molar-refractivity contribution >= 4 is 23.7 Å². The zero-order chi connectivity index (χ0) is 20.2. The van der Waals surface area contributed by atoms with E-state index < -0.39 is 0 Å². The minimum atomic E-state index is -0.208. The average molecular weight is 385 g/mol. The molecule has 1 amide bonds. The molecule has 1 aliphatic carbocycles. The predicted molar refractivity (Wildman–Crippen MR) is 116 cm³/mol. The average Bonchev–Trinajstić information content (AvgIpc) is 3.46. The molecule has 146 valence electrons. The van der Waals surface area contributed by atoms with Gasteiger partial charge in [-0.1, -0.05) is 6.07 Å². The Morgan fingerprint density at radius 2 is 2.07 bits per heavy atom.